The third-order valence-electron chi connectivity index (χ3n) is 3.70. The van der Waals surface area contributed by atoms with Crippen molar-refractivity contribution >= 4 is 39.9 Å². The van der Waals surface area contributed by atoms with Gasteiger partial charge in [0.1, 0.15) is 0 Å². The molecule has 0 saturated heterocycles. The van der Waals surface area contributed by atoms with Gasteiger partial charge in [0, 0.05) is 24.9 Å². The molecule has 120 valence electrons. The molecule has 3 aromatic rings. The second-order valence-corrected chi connectivity index (χ2v) is 7.01. The van der Waals surface area contributed by atoms with Gasteiger partial charge in [0.25, 0.3) is 0 Å². The number of rotatable bonds is 5. The number of aromatic nitrogens is 2. The number of halogens is 1. The summed E-state index contributed by atoms with van der Waals surface area (Å²) in [6.07, 6.45) is 0.257. The van der Waals surface area contributed by atoms with Crippen LogP contribution in [0.15, 0.2) is 41.2 Å². The van der Waals surface area contributed by atoms with Gasteiger partial charge in [0.15, 0.2) is 0 Å². The molecule has 0 saturated carbocycles. The molecule has 0 aliphatic rings. The predicted octanol–water partition coefficient (Wildman–Crippen LogP) is 2.76. The fourth-order valence-electron chi connectivity index (χ4n) is 2.51. The van der Waals surface area contributed by atoms with E-state index in [9.17, 15) is 9.59 Å². The molecule has 1 N–H and O–H groups in total. The van der Waals surface area contributed by atoms with Gasteiger partial charge in [-0.25, -0.2) is 4.79 Å². The first-order valence-electron chi connectivity index (χ1n) is 7.21. The van der Waals surface area contributed by atoms with E-state index in [1.165, 1.54) is 11.3 Å². The lowest BCUT2D eigenvalue weighted by Gasteiger charge is -2.05. The third-order valence-corrected chi connectivity index (χ3v) is 4.93. The minimum Gasteiger partial charge on any atom is -0.351 e. The van der Waals surface area contributed by atoms with Gasteiger partial charge in [0.2, 0.25) is 5.91 Å². The molecular weight excluding hydrogens is 334 g/mol. The topological polar surface area (TPSA) is 56.0 Å². The number of aryl methyl sites for hydroxylation is 2. The monoisotopic (exact) mass is 349 g/mol. The van der Waals surface area contributed by atoms with Crippen molar-refractivity contribution in [3.05, 3.63) is 56.1 Å². The van der Waals surface area contributed by atoms with Gasteiger partial charge in [-0.3, -0.25) is 13.9 Å². The highest BCUT2D eigenvalue weighted by molar-refractivity contribution is 7.16. The smallest absolute Gasteiger partial charge is 0.328 e. The number of fused-ring (bicyclic) bond motifs is 1. The van der Waals surface area contributed by atoms with Crippen LogP contribution in [0.2, 0.25) is 4.34 Å². The molecule has 1 aromatic carbocycles. The molecule has 2 aromatic heterocycles. The van der Waals surface area contributed by atoms with Gasteiger partial charge in [-0.15, -0.1) is 11.3 Å². The highest BCUT2D eigenvalue weighted by atomic mass is 35.5. The Kier molecular flexibility index (Phi) is 4.54. The van der Waals surface area contributed by atoms with Crippen molar-refractivity contribution in [2.75, 3.05) is 0 Å². The Labute approximate surface area is 142 Å². The van der Waals surface area contributed by atoms with E-state index >= 15 is 0 Å². The standard InChI is InChI=1S/C16H16ClN3O2S/c1-19-12-4-2-3-5-13(12)20(16(19)22)9-8-15(21)18-10-11-6-7-14(17)23-11/h2-7H,8-10H2,1H3,(H,18,21). The summed E-state index contributed by atoms with van der Waals surface area (Å²) in [5.41, 5.74) is 1.60. The lowest BCUT2D eigenvalue weighted by Crippen LogP contribution is -2.27. The van der Waals surface area contributed by atoms with E-state index in [1.807, 2.05) is 36.4 Å². The van der Waals surface area contributed by atoms with Crippen LogP contribution >= 0.6 is 22.9 Å². The highest BCUT2D eigenvalue weighted by Gasteiger charge is 2.11. The first-order valence-corrected chi connectivity index (χ1v) is 8.41. The molecule has 0 fully saturated rings. The molecule has 0 aliphatic heterocycles. The Morgan fingerprint density at radius 1 is 1.22 bits per heavy atom. The van der Waals surface area contributed by atoms with E-state index in [0.29, 0.717) is 17.4 Å². The molecule has 0 radical (unpaired) electrons. The first-order chi connectivity index (χ1) is 11.1. The van der Waals surface area contributed by atoms with Crippen LogP contribution in [-0.2, 0) is 24.9 Å². The summed E-state index contributed by atoms with van der Waals surface area (Å²) in [6, 6.07) is 11.3. The minimum absolute atomic E-state index is 0.0886. The number of hydrogen-bond acceptors (Lipinski definition) is 3. The van der Waals surface area contributed by atoms with Crippen molar-refractivity contribution in [2.24, 2.45) is 7.05 Å². The Hall–Kier alpha value is -2.05. The molecule has 2 heterocycles. The number of nitrogens with one attached hydrogen (secondary N) is 1. The van der Waals surface area contributed by atoms with Crippen LogP contribution in [0, 0.1) is 0 Å². The number of benzene rings is 1. The van der Waals surface area contributed by atoms with Gasteiger partial charge in [-0.1, -0.05) is 23.7 Å². The zero-order valence-corrected chi connectivity index (χ0v) is 14.2. The summed E-state index contributed by atoms with van der Waals surface area (Å²) in [7, 11) is 1.74. The van der Waals surface area contributed by atoms with E-state index in [-0.39, 0.29) is 18.0 Å². The summed E-state index contributed by atoms with van der Waals surface area (Å²) in [5.74, 6) is -0.0886. The summed E-state index contributed by atoms with van der Waals surface area (Å²) < 4.78 is 3.94. The Balaban J connectivity index is 1.65. The summed E-state index contributed by atoms with van der Waals surface area (Å²) in [5, 5.41) is 2.85. The second kappa shape index (κ2) is 6.60. The SMILES string of the molecule is Cn1c(=O)n(CCC(=O)NCc2ccc(Cl)s2)c2ccccc21. The third kappa shape index (κ3) is 3.33. The number of amides is 1. The molecule has 0 spiro atoms. The lowest BCUT2D eigenvalue weighted by atomic mass is 10.3. The van der Waals surface area contributed by atoms with Crippen LogP contribution in [0.5, 0.6) is 0 Å². The fraction of sp³-hybridized carbons (Fsp3) is 0.250. The van der Waals surface area contributed by atoms with Crippen LogP contribution in [0.4, 0.5) is 0 Å². The Morgan fingerprint density at radius 2 is 1.96 bits per heavy atom. The number of para-hydroxylation sites is 2. The van der Waals surface area contributed by atoms with Crippen LogP contribution in [0.1, 0.15) is 11.3 Å². The first kappa shape index (κ1) is 15.8. The maximum Gasteiger partial charge on any atom is 0.328 e. The Bertz CT molecular complexity index is 910. The lowest BCUT2D eigenvalue weighted by molar-refractivity contribution is -0.121. The van der Waals surface area contributed by atoms with Crippen LogP contribution in [-0.4, -0.2) is 15.0 Å². The molecule has 0 aliphatic carbocycles. The number of hydrogen-bond donors (Lipinski definition) is 1. The number of carbonyl (C=O) groups is 1. The van der Waals surface area contributed by atoms with Crippen molar-refractivity contribution in [1.82, 2.24) is 14.5 Å². The van der Waals surface area contributed by atoms with E-state index in [4.69, 9.17) is 11.6 Å². The normalized spacial score (nSPS) is 11.0. The molecular formula is C16H16ClN3O2S. The van der Waals surface area contributed by atoms with Crippen molar-refractivity contribution in [3.63, 3.8) is 0 Å². The van der Waals surface area contributed by atoms with Gasteiger partial charge >= 0.3 is 5.69 Å². The van der Waals surface area contributed by atoms with Gasteiger partial charge in [-0.05, 0) is 24.3 Å². The van der Waals surface area contributed by atoms with E-state index in [0.717, 1.165) is 15.9 Å². The van der Waals surface area contributed by atoms with E-state index in [1.54, 1.807) is 16.2 Å². The van der Waals surface area contributed by atoms with Crippen LogP contribution in [0.3, 0.4) is 0 Å². The fourth-order valence-corrected chi connectivity index (χ4v) is 3.54. The number of thiophene rings is 1. The second-order valence-electron chi connectivity index (χ2n) is 5.21. The zero-order valence-electron chi connectivity index (χ0n) is 12.6. The average molecular weight is 350 g/mol. The summed E-state index contributed by atoms with van der Waals surface area (Å²) in [4.78, 5) is 25.3. The van der Waals surface area contributed by atoms with E-state index < -0.39 is 0 Å². The van der Waals surface area contributed by atoms with Gasteiger partial charge in [0.05, 0.1) is 21.9 Å². The molecule has 5 nitrogen and oxygen atoms in total. The van der Waals surface area contributed by atoms with Gasteiger partial charge in [-0.2, -0.15) is 0 Å². The number of carbonyl (C=O) groups excluding carboxylic acids is 1. The molecule has 0 atom stereocenters. The zero-order chi connectivity index (χ0) is 16.4. The quantitative estimate of drug-likeness (QED) is 0.770. The molecule has 1 amide bonds. The molecule has 0 unspecified atom stereocenters. The van der Waals surface area contributed by atoms with Crippen LogP contribution < -0.4 is 11.0 Å². The van der Waals surface area contributed by atoms with Crippen molar-refractivity contribution in [1.29, 1.82) is 0 Å². The van der Waals surface area contributed by atoms with Crippen LogP contribution in [0.25, 0.3) is 11.0 Å². The average Bonchev–Trinajstić information content (AvgIpc) is 3.07. The number of nitrogens with zero attached hydrogens (tertiary/aromatic N) is 2. The highest BCUT2D eigenvalue weighted by Crippen LogP contribution is 2.21. The molecule has 23 heavy (non-hydrogen) atoms. The molecule has 0 bridgehead atoms. The predicted molar refractivity (Wildman–Crippen MR) is 93.0 cm³/mol. The maximum atomic E-state index is 12.3. The van der Waals surface area contributed by atoms with Gasteiger partial charge < -0.3 is 5.32 Å². The molecule has 3 rings (SSSR count). The Morgan fingerprint density at radius 3 is 2.65 bits per heavy atom. The van der Waals surface area contributed by atoms with Crippen molar-refractivity contribution < 1.29 is 4.79 Å². The van der Waals surface area contributed by atoms with Crippen molar-refractivity contribution in [3.8, 4) is 0 Å². The summed E-state index contributed by atoms with van der Waals surface area (Å²) in [6.45, 7) is 0.817. The van der Waals surface area contributed by atoms with Crippen molar-refractivity contribution in [2.45, 2.75) is 19.5 Å². The minimum atomic E-state index is -0.107. The van der Waals surface area contributed by atoms with E-state index in [2.05, 4.69) is 5.32 Å². The molecule has 7 heteroatoms. The maximum absolute atomic E-state index is 12.3. The summed E-state index contributed by atoms with van der Waals surface area (Å²) >= 11 is 7.30. The number of imidazole rings is 1. The largest absolute Gasteiger partial charge is 0.351 e.